The normalized spacial score (nSPS) is 12.0. The van der Waals surface area contributed by atoms with Crippen LogP contribution < -0.4 is 0 Å². The van der Waals surface area contributed by atoms with Crippen molar-refractivity contribution in [1.82, 2.24) is 0 Å². The zero-order valence-electron chi connectivity index (χ0n) is 12.3. The molecule has 0 amide bonds. The minimum atomic E-state index is -1.05. The zero-order chi connectivity index (χ0) is 14.5. The van der Waals surface area contributed by atoms with Crippen LogP contribution in [0.25, 0.3) is 0 Å². The van der Waals surface area contributed by atoms with Crippen molar-refractivity contribution in [3.8, 4) is 0 Å². The second-order valence-corrected chi connectivity index (χ2v) is 8.75. The molecule has 0 radical (unpaired) electrons. The van der Waals surface area contributed by atoms with Gasteiger partial charge in [-0.1, -0.05) is 66.7 Å². The Morgan fingerprint density at radius 3 is 1.38 bits per heavy atom. The maximum Gasteiger partial charge on any atom is 0.0101 e. The molecule has 0 bridgehead atoms. The van der Waals surface area contributed by atoms with Gasteiger partial charge in [-0.05, 0) is 45.9 Å². The van der Waals surface area contributed by atoms with Gasteiger partial charge in [-0.25, -0.2) is 0 Å². The van der Waals surface area contributed by atoms with E-state index in [1.807, 2.05) is 0 Å². The number of benzene rings is 3. The molecule has 0 spiro atoms. The first-order chi connectivity index (χ1) is 10.3. The largest absolute Gasteiger partial charge is 0.186 e. The summed E-state index contributed by atoms with van der Waals surface area (Å²) in [5.41, 5.74) is 1.41. The lowest BCUT2D eigenvalue weighted by molar-refractivity contribution is 1.28. The molecule has 0 heterocycles. The Labute approximate surface area is 128 Å². The molecule has 0 nitrogen and oxygen atoms in total. The molecule has 1 heteroatoms. The van der Waals surface area contributed by atoms with Crippen LogP contribution in [-0.2, 0) is 5.75 Å². The Bertz CT molecular complexity index is 635. The standard InChI is InChI=1S/C20H20S/c1-21(19-13-7-3-8-14-19,20-15-9-4-10-16-20)17-18-11-5-2-6-12-18/h2-16H,17H2,1H3. The highest BCUT2D eigenvalue weighted by atomic mass is 32.3. The molecule has 0 aliphatic carbocycles. The van der Waals surface area contributed by atoms with Crippen molar-refractivity contribution in [3.63, 3.8) is 0 Å². The summed E-state index contributed by atoms with van der Waals surface area (Å²) in [6.45, 7) is 0. The molecule has 0 saturated heterocycles. The van der Waals surface area contributed by atoms with Crippen molar-refractivity contribution in [2.45, 2.75) is 15.5 Å². The quantitative estimate of drug-likeness (QED) is 0.575. The van der Waals surface area contributed by atoms with Crippen LogP contribution in [0.1, 0.15) is 5.56 Å². The third-order valence-electron chi connectivity index (χ3n) is 3.83. The van der Waals surface area contributed by atoms with Gasteiger partial charge in [0, 0.05) is 5.75 Å². The minimum absolute atomic E-state index is 1.05. The predicted molar refractivity (Wildman–Crippen MR) is 93.1 cm³/mol. The number of rotatable bonds is 4. The van der Waals surface area contributed by atoms with Crippen LogP contribution in [-0.4, -0.2) is 6.26 Å². The fourth-order valence-electron chi connectivity index (χ4n) is 2.65. The predicted octanol–water partition coefficient (Wildman–Crippen LogP) is 5.74. The lowest BCUT2D eigenvalue weighted by Crippen LogP contribution is -2.03. The van der Waals surface area contributed by atoms with Gasteiger partial charge in [0.05, 0.1) is 0 Å². The van der Waals surface area contributed by atoms with Crippen LogP contribution in [0.15, 0.2) is 101 Å². The molecule has 0 unspecified atom stereocenters. The summed E-state index contributed by atoms with van der Waals surface area (Å²) in [6.07, 6.45) is 2.42. The average molecular weight is 292 g/mol. The molecule has 3 aromatic rings. The first kappa shape index (κ1) is 14.0. The van der Waals surface area contributed by atoms with Gasteiger partial charge in [-0.15, -0.1) is 0 Å². The molecule has 0 fully saturated rings. The summed E-state index contributed by atoms with van der Waals surface area (Å²) < 4.78 is 0. The second-order valence-electron chi connectivity index (χ2n) is 5.34. The van der Waals surface area contributed by atoms with Crippen LogP contribution in [0.5, 0.6) is 0 Å². The molecular formula is C20H20S. The third kappa shape index (κ3) is 3.03. The van der Waals surface area contributed by atoms with Crippen LogP contribution in [0.2, 0.25) is 0 Å². The third-order valence-corrected chi connectivity index (χ3v) is 7.36. The van der Waals surface area contributed by atoms with E-state index in [4.69, 9.17) is 0 Å². The summed E-state index contributed by atoms with van der Waals surface area (Å²) >= 11 is 0. The van der Waals surface area contributed by atoms with Crippen molar-refractivity contribution < 1.29 is 0 Å². The van der Waals surface area contributed by atoms with Gasteiger partial charge in [0.2, 0.25) is 0 Å². The van der Waals surface area contributed by atoms with Gasteiger partial charge in [0.15, 0.2) is 0 Å². The van der Waals surface area contributed by atoms with E-state index < -0.39 is 10.0 Å². The SMILES string of the molecule is CS(Cc1ccccc1)(c1ccccc1)c1ccccc1. The van der Waals surface area contributed by atoms with Crippen molar-refractivity contribution in [2.75, 3.05) is 6.26 Å². The Morgan fingerprint density at radius 1 is 0.571 bits per heavy atom. The number of hydrogen-bond acceptors (Lipinski definition) is 0. The lowest BCUT2D eigenvalue weighted by Gasteiger charge is -2.37. The minimum Gasteiger partial charge on any atom is -0.186 e. The van der Waals surface area contributed by atoms with E-state index in [0.717, 1.165) is 5.75 Å². The van der Waals surface area contributed by atoms with Gasteiger partial charge in [-0.3, -0.25) is 0 Å². The molecule has 0 aromatic heterocycles. The van der Waals surface area contributed by atoms with E-state index in [-0.39, 0.29) is 0 Å². The van der Waals surface area contributed by atoms with Gasteiger partial charge < -0.3 is 0 Å². The topological polar surface area (TPSA) is 0 Å². The fraction of sp³-hybridized carbons (Fsp3) is 0.100. The Balaban J connectivity index is 2.07. The van der Waals surface area contributed by atoms with Crippen molar-refractivity contribution in [3.05, 3.63) is 96.6 Å². The van der Waals surface area contributed by atoms with Crippen molar-refractivity contribution >= 4 is 10.0 Å². The highest BCUT2D eigenvalue weighted by Gasteiger charge is 2.23. The van der Waals surface area contributed by atoms with Gasteiger partial charge >= 0.3 is 0 Å². The molecule has 0 atom stereocenters. The molecule has 106 valence electrons. The monoisotopic (exact) mass is 292 g/mol. The first-order valence-corrected chi connectivity index (χ1v) is 9.40. The van der Waals surface area contributed by atoms with E-state index in [2.05, 4.69) is 97.3 Å². The maximum atomic E-state index is 2.42. The molecule has 0 aliphatic rings. The Hall–Kier alpha value is -1.99. The highest BCUT2D eigenvalue weighted by Crippen LogP contribution is 2.61. The Morgan fingerprint density at radius 2 is 0.952 bits per heavy atom. The van der Waals surface area contributed by atoms with Gasteiger partial charge in [0.25, 0.3) is 0 Å². The van der Waals surface area contributed by atoms with Crippen LogP contribution in [0.4, 0.5) is 0 Å². The Kier molecular flexibility index (Phi) is 4.12. The second kappa shape index (κ2) is 6.19. The molecule has 3 rings (SSSR count). The van der Waals surface area contributed by atoms with Crippen LogP contribution in [0.3, 0.4) is 0 Å². The summed E-state index contributed by atoms with van der Waals surface area (Å²) in [6, 6.07) is 32.7. The highest BCUT2D eigenvalue weighted by molar-refractivity contribution is 8.32. The maximum absolute atomic E-state index is 2.42. The van der Waals surface area contributed by atoms with E-state index in [9.17, 15) is 0 Å². The molecule has 0 saturated carbocycles. The molecule has 0 N–H and O–H groups in total. The zero-order valence-corrected chi connectivity index (χ0v) is 13.1. The van der Waals surface area contributed by atoms with Crippen LogP contribution >= 0.6 is 10.0 Å². The average Bonchev–Trinajstić information content (AvgIpc) is 2.57. The first-order valence-electron chi connectivity index (χ1n) is 7.19. The van der Waals surface area contributed by atoms with Gasteiger partial charge in [0.1, 0.15) is 0 Å². The van der Waals surface area contributed by atoms with E-state index in [1.54, 1.807) is 0 Å². The molecular weight excluding hydrogens is 272 g/mol. The molecule has 0 aliphatic heterocycles. The smallest absolute Gasteiger partial charge is 0.0101 e. The summed E-state index contributed by atoms with van der Waals surface area (Å²) in [5.74, 6) is 1.09. The van der Waals surface area contributed by atoms with Crippen molar-refractivity contribution in [1.29, 1.82) is 0 Å². The van der Waals surface area contributed by atoms with Gasteiger partial charge in [-0.2, -0.15) is 10.0 Å². The summed E-state index contributed by atoms with van der Waals surface area (Å²) in [5, 5.41) is 0. The van der Waals surface area contributed by atoms with Crippen molar-refractivity contribution in [2.24, 2.45) is 0 Å². The number of hydrogen-bond donors (Lipinski definition) is 0. The lowest BCUT2D eigenvalue weighted by atomic mass is 10.2. The van der Waals surface area contributed by atoms with Crippen LogP contribution in [0, 0.1) is 0 Å². The summed E-state index contributed by atoms with van der Waals surface area (Å²) in [7, 11) is -1.05. The molecule has 3 aromatic carbocycles. The van der Waals surface area contributed by atoms with E-state index >= 15 is 0 Å². The van der Waals surface area contributed by atoms with E-state index in [0.29, 0.717) is 0 Å². The van der Waals surface area contributed by atoms with E-state index in [1.165, 1.54) is 15.4 Å². The fourth-order valence-corrected chi connectivity index (χ4v) is 5.63. The summed E-state index contributed by atoms with van der Waals surface area (Å²) in [4.78, 5) is 2.89. The molecule has 21 heavy (non-hydrogen) atoms.